The van der Waals surface area contributed by atoms with E-state index in [1.54, 1.807) is 19.2 Å². The SMILES string of the molecule is COc1ccc(NC(N)=NCCCC(C)(C)C)cc1Cl.I. The maximum Gasteiger partial charge on any atom is 0.193 e. The lowest BCUT2D eigenvalue weighted by atomic mass is 9.91. The largest absolute Gasteiger partial charge is 0.495 e. The van der Waals surface area contributed by atoms with Gasteiger partial charge in [-0.15, -0.1) is 24.0 Å². The van der Waals surface area contributed by atoms with E-state index in [0.29, 0.717) is 22.1 Å². The van der Waals surface area contributed by atoms with Gasteiger partial charge in [0.05, 0.1) is 12.1 Å². The summed E-state index contributed by atoms with van der Waals surface area (Å²) >= 11 is 6.04. The predicted octanol–water partition coefficient (Wildman–Crippen LogP) is 4.52. The van der Waals surface area contributed by atoms with Gasteiger partial charge < -0.3 is 15.8 Å². The van der Waals surface area contributed by atoms with Gasteiger partial charge in [0.2, 0.25) is 0 Å². The number of nitrogens with zero attached hydrogens (tertiary/aromatic N) is 1. The van der Waals surface area contributed by atoms with E-state index < -0.39 is 0 Å². The molecule has 0 saturated carbocycles. The molecule has 0 saturated heterocycles. The zero-order chi connectivity index (χ0) is 15.2. The zero-order valence-corrected chi connectivity index (χ0v) is 16.2. The van der Waals surface area contributed by atoms with E-state index in [-0.39, 0.29) is 24.0 Å². The number of aliphatic imine (C=N–C) groups is 1. The molecular weight excluding hydrogens is 401 g/mol. The lowest BCUT2D eigenvalue weighted by molar-refractivity contribution is 0.368. The van der Waals surface area contributed by atoms with Gasteiger partial charge in [-0.1, -0.05) is 32.4 Å². The van der Waals surface area contributed by atoms with Crippen LogP contribution >= 0.6 is 35.6 Å². The molecule has 0 fully saturated rings. The molecule has 0 spiro atoms. The first-order valence-corrected chi connectivity index (χ1v) is 7.10. The van der Waals surface area contributed by atoms with E-state index in [4.69, 9.17) is 22.1 Å². The van der Waals surface area contributed by atoms with Crippen LogP contribution in [0.4, 0.5) is 5.69 Å². The van der Waals surface area contributed by atoms with Crippen LogP contribution < -0.4 is 15.8 Å². The van der Waals surface area contributed by atoms with Gasteiger partial charge in [0.1, 0.15) is 5.75 Å². The quantitative estimate of drug-likeness (QED) is 0.316. The number of nitrogens with one attached hydrogen (secondary N) is 1. The molecule has 1 aromatic rings. The molecule has 6 heteroatoms. The second-order valence-electron chi connectivity index (χ2n) is 5.91. The number of halogens is 2. The number of guanidine groups is 1. The first-order valence-electron chi connectivity index (χ1n) is 6.72. The van der Waals surface area contributed by atoms with Crippen molar-refractivity contribution in [1.82, 2.24) is 0 Å². The average Bonchev–Trinajstić information content (AvgIpc) is 2.34. The van der Waals surface area contributed by atoms with E-state index in [9.17, 15) is 0 Å². The third-order valence-corrected chi connectivity index (χ3v) is 3.09. The van der Waals surface area contributed by atoms with Gasteiger partial charge in [-0.25, -0.2) is 0 Å². The summed E-state index contributed by atoms with van der Waals surface area (Å²) in [7, 11) is 1.58. The van der Waals surface area contributed by atoms with E-state index in [0.717, 1.165) is 25.1 Å². The molecule has 0 amide bonds. The highest BCUT2D eigenvalue weighted by molar-refractivity contribution is 14.0. The molecule has 120 valence electrons. The molecule has 1 aromatic carbocycles. The highest BCUT2D eigenvalue weighted by Gasteiger charge is 2.08. The van der Waals surface area contributed by atoms with Gasteiger partial charge in [-0.2, -0.15) is 0 Å². The van der Waals surface area contributed by atoms with Gasteiger partial charge in [0.25, 0.3) is 0 Å². The number of benzene rings is 1. The van der Waals surface area contributed by atoms with Crippen LogP contribution in [0, 0.1) is 5.41 Å². The van der Waals surface area contributed by atoms with Crippen LogP contribution in [0.2, 0.25) is 5.02 Å². The first kappa shape index (κ1) is 20.3. The smallest absolute Gasteiger partial charge is 0.193 e. The molecule has 0 aliphatic carbocycles. The minimum Gasteiger partial charge on any atom is -0.495 e. The summed E-state index contributed by atoms with van der Waals surface area (Å²) in [6, 6.07) is 5.40. The average molecular weight is 426 g/mol. The monoisotopic (exact) mass is 425 g/mol. The number of methoxy groups -OCH3 is 1. The fraction of sp³-hybridized carbons (Fsp3) is 0.533. The Hall–Kier alpha value is -0.690. The molecule has 21 heavy (non-hydrogen) atoms. The van der Waals surface area contributed by atoms with Gasteiger partial charge in [-0.3, -0.25) is 4.99 Å². The Kier molecular flexibility index (Phi) is 9.04. The summed E-state index contributed by atoms with van der Waals surface area (Å²) in [6.45, 7) is 7.38. The maximum atomic E-state index is 6.04. The summed E-state index contributed by atoms with van der Waals surface area (Å²) in [5.41, 5.74) is 6.97. The standard InChI is InChI=1S/C15H24ClN3O.HI/c1-15(2,3)8-5-9-18-14(17)19-11-6-7-13(20-4)12(16)10-11;/h6-7,10H,5,8-9H2,1-4H3,(H3,17,18,19);1H. The predicted molar refractivity (Wildman–Crippen MR) is 102 cm³/mol. The fourth-order valence-electron chi connectivity index (χ4n) is 1.74. The third kappa shape index (κ3) is 8.36. The Bertz CT molecular complexity index is 472. The van der Waals surface area contributed by atoms with Gasteiger partial charge in [0.15, 0.2) is 5.96 Å². The van der Waals surface area contributed by atoms with Crippen LogP contribution in [-0.2, 0) is 0 Å². The molecule has 0 aliphatic rings. The highest BCUT2D eigenvalue weighted by Crippen LogP contribution is 2.27. The van der Waals surface area contributed by atoms with Crippen molar-refractivity contribution < 1.29 is 4.74 Å². The number of ether oxygens (including phenoxy) is 1. The molecule has 0 heterocycles. The second-order valence-corrected chi connectivity index (χ2v) is 6.31. The number of hydrogen-bond acceptors (Lipinski definition) is 2. The van der Waals surface area contributed by atoms with Crippen molar-refractivity contribution >= 4 is 47.2 Å². The van der Waals surface area contributed by atoms with Gasteiger partial charge in [-0.05, 0) is 36.5 Å². The van der Waals surface area contributed by atoms with Crippen molar-refractivity contribution in [2.24, 2.45) is 16.1 Å². The Morgan fingerprint density at radius 2 is 2.05 bits per heavy atom. The van der Waals surface area contributed by atoms with E-state index in [2.05, 4.69) is 31.1 Å². The zero-order valence-electron chi connectivity index (χ0n) is 13.1. The van der Waals surface area contributed by atoms with Gasteiger partial charge >= 0.3 is 0 Å². The summed E-state index contributed by atoms with van der Waals surface area (Å²) in [5.74, 6) is 1.04. The molecule has 0 bridgehead atoms. The number of rotatable bonds is 5. The molecule has 0 aromatic heterocycles. The lowest BCUT2D eigenvalue weighted by Gasteiger charge is -2.16. The lowest BCUT2D eigenvalue weighted by Crippen LogP contribution is -2.23. The second kappa shape index (κ2) is 9.35. The topological polar surface area (TPSA) is 59.6 Å². The van der Waals surface area contributed by atoms with Crippen LogP contribution in [-0.4, -0.2) is 19.6 Å². The van der Waals surface area contributed by atoms with Crippen LogP contribution in [0.1, 0.15) is 33.6 Å². The van der Waals surface area contributed by atoms with E-state index >= 15 is 0 Å². The molecule has 0 radical (unpaired) electrons. The van der Waals surface area contributed by atoms with E-state index in [1.165, 1.54) is 0 Å². The van der Waals surface area contributed by atoms with Crippen molar-refractivity contribution in [3.8, 4) is 5.75 Å². The fourth-order valence-corrected chi connectivity index (χ4v) is 2.00. The Balaban J connectivity index is 0.00000400. The molecule has 0 aliphatic heterocycles. The van der Waals surface area contributed by atoms with Crippen molar-refractivity contribution in [3.05, 3.63) is 23.2 Å². The minimum atomic E-state index is 0. The minimum absolute atomic E-state index is 0. The Morgan fingerprint density at radius 3 is 2.57 bits per heavy atom. The van der Waals surface area contributed by atoms with Crippen molar-refractivity contribution in [1.29, 1.82) is 0 Å². The molecule has 0 unspecified atom stereocenters. The van der Waals surface area contributed by atoms with Crippen LogP contribution in [0.25, 0.3) is 0 Å². The summed E-state index contributed by atoms with van der Waals surface area (Å²) in [4.78, 5) is 4.30. The molecule has 1 rings (SSSR count). The molecule has 3 N–H and O–H groups in total. The normalized spacial score (nSPS) is 11.8. The number of nitrogens with two attached hydrogens (primary N) is 1. The maximum absolute atomic E-state index is 6.04. The van der Waals surface area contributed by atoms with Crippen molar-refractivity contribution in [2.45, 2.75) is 33.6 Å². The van der Waals surface area contributed by atoms with Crippen LogP contribution in [0.15, 0.2) is 23.2 Å². The van der Waals surface area contributed by atoms with Crippen molar-refractivity contribution in [2.75, 3.05) is 19.0 Å². The van der Waals surface area contributed by atoms with Crippen molar-refractivity contribution in [3.63, 3.8) is 0 Å². The Labute approximate surface area is 149 Å². The molecular formula is C15H25ClIN3O. The van der Waals surface area contributed by atoms with Gasteiger partial charge in [0, 0.05) is 12.2 Å². The van der Waals surface area contributed by atoms with E-state index in [1.807, 2.05) is 6.07 Å². The first-order chi connectivity index (χ1) is 9.31. The number of anilines is 1. The van der Waals surface area contributed by atoms with Crippen LogP contribution in [0.3, 0.4) is 0 Å². The highest BCUT2D eigenvalue weighted by atomic mass is 127. The number of hydrogen-bond donors (Lipinski definition) is 2. The summed E-state index contributed by atoms with van der Waals surface area (Å²) in [6.07, 6.45) is 2.15. The van der Waals surface area contributed by atoms with Crippen LogP contribution in [0.5, 0.6) is 5.75 Å². The Morgan fingerprint density at radius 1 is 1.38 bits per heavy atom. The molecule has 0 atom stereocenters. The molecule has 4 nitrogen and oxygen atoms in total. The third-order valence-electron chi connectivity index (χ3n) is 2.79. The summed E-state index contributed by atoms with van der Waals surface area (Å²) < 4.78 is 5.10. The summed E-state index contributed by atoms with van der Waals surface area (Å²) in [5, 5.41) is 3.56.